The summed E-state index contributed by atoms with van der Waals surface area (Å²) in [5.74, 6) is 0. The molecule has 0 bridgehead atoms. The van der Waals surface area contributed by atoms with Gasteiger partial charge in [-0.3, -0.25) is 25.9 Å². The van der Waals surface area contributed by atoms with E-state index in [9.17, 15) is 0 Å². The van der Waals surface area contributed by atoms with Gasteiger partial charge in [0.25, 0.3) is 0 Å². The molecule has 18 heteroatoms. The van der Waals surface area contributed by atoms with Crippen LogP contribution in [0.1, 0.15) is 0 Å². The van der Waals surface area contributed by atoms with Crippen LogP contribution in [-0.4, -0.2) is 52.6 Å². The van der Waals surface area contributed by atoms with Crippen LogP contribution in [0.15, 0.2) is 0 Å². The Balaban J connectivity index is -0.0000000277. The van der Waals surface area contributed by atoms with Crippen LogP contribution in [0, 0.1) is 0 Å². The molecule has 0 aromatic carbocycles. The average Bonchev–Trinajstić information content (AvgIpc) is 1.41. The number of rotatable bonds is 0. The SMILES string of the molecule is O=S(=O)(O)O.O=S(=O)([O-])[O-].O=S(=O)([O-])[O-].[K+].[Na+].[Zn+2]. The topological polar surface area (TPSA) is 235 Å². The third kappa shape index (κ3) is 732. The summed E-state index contributed by atoms with van der Waals surface area (Å²) in [5, 5.41) is 0. The van der Waals surface area contributed by atoms with Gasteiger partial charge in [0.1, 0.15) is 0 Å². The van der Waals surface area contributed by atoms with E-state index in [2.05, 4.69) is 0 Å². The minimum Gasteiger partial charge on any atom is -0.759 e. The molecule has 0 heterocycles. The number of hydrogen-bond acceptors (Lipinski definition) is 10. The molecule has 0 amide bonds. The average molecular weight is 418 g/mol. The van der Waals surface area contributed by atoms with Gasteiger partial charge in [0, 0.05) is 20.8 Å². The Kier molecular flexibility index (Phi) is 33.6. The van der Waals surface area contributed by atoms with Gasteiger partial charge in [-0.1, -0.05) is 0 Å². The zero-order valence-corrected chi connectivity index (χ0v) is 19.4. The molecule has 18 heavy (non-hydrogen) atoms. The second kappa shape index (κ2) is 16.2. The van der Waals surface area contributed by atoms with E-state index in [1.165, 1.54) is 0 Å². The Morgan fingerprint density at radius 1 is 0.667 bits per heavy atom. The van der Waals surface area contributed by atoms with E-state index in [1.807, 2.05) is 0 Å². The van der Waals surface area contributed by atoms with Crippen molar-refractivity contribution in [3.05, 3.63) is 0 Å². The van der Waals surface area contributed by atoms with Gasteiger partial charge in [-0.25, -0.2) is 0 Å². The van der Waals surface area contributed by atoms with Crippen LogP contribution in [0.2, 0.25) is 0 Å². The van der Waals surface area contributed by atoms with E-state index in [0.29, 0.717) is 0 Å². The Morgan fingerprint density at radius 3 is 0.667 bits per heavy atom. The molecule has 2 N–H and O–H groups in total. The first-order chi connectivity index (χ1) is 6.00. The molecule has 0 atom stereocenters. The fourth-order valence-electron chi connectivity index (χ4n) is 0. The molecular weight excluding hydrogens is 416 g/mol. The van der Waals surface area contributed by atoms with Crippen molar-refractivity contribution in [1.29, 1.82) is 0 Å². The standard InChI is InChI=1S/K.Na.3H2O4S.Zn/c;;3*1-5(2,3)4;/h;;3*(H2,1,2,3,4);/q2*+1;;;;+2/p-4. The maximum atomic E-state index is 8.74. The molecular formula is H2KNaO12S3Zn. The summed E-state index contributed by atoms with van der Waals surface area (Å²) < 4.78 is 99.7. The maximum Gasteiger partial charge on any atom is 2.00 e. The van der Waals surface area contributed by atoms with Crippen LogP contribution in [0.5, 0.6) is 0 Å². The van der Waals surface area contributed by atoms with Crippen molar-refractivity contribution in [3.8, 4) is 0 Å². The first-order valence-corrected chi connectivity index (χ1v) is 6.10. The van der Waals surface area contributed by atoms with E-state index in [-0.39, 0.29) is 100 Å². The molecule has 0 saturated heterocycles. The molecule has 0 radical (unpaired) electrons. The van der Waals surface area contributed by atoms with Gasteiger partial charge in [-0.2, -0.15) is 8.42 Å². The van der Waals surface area contributed by atoms with Crippen molar-refractivity contribution in [2.24, 2.45) is 0 Å². The van der Waals surface area contributed by atoms with E-state index in [0.717, 1.165) is 0 Å². The van der Waals surface area contributed by atoms with Crippen LogP contribution < -0.4 is 80.9 Å². The van der Waals surface area contributed by atoms with Crippen molar-refractivity contribution < 1.29 is 153 Å². The Bertz CT molecular complexity index is 348. The van der Waals surface area contributed by atoms with Crippen molar-refractivity contribution in [3.63, 3.8) is 0 Å². The predicted octanol–water partition coefficient (Wildman–Crippen LogP) is -9.32. The van der Waals surface area contributed by atoms with Gasteiger partial charge in [0.2, 0.25) is 0 Å². The van der Waals surface area contributed by atoms with Crippen LogP contribution >= 0.6 is 0 Å². The molecule has 0 aliphatic rings. The third-order valence-corrected chi connectivity index (χ3v) is 0. The summed E-state index contributed by atoms with van der Waals surface area (Å²) in [5.41, 5.74) is 0. The summed E-state index contributed by atoms with van der Waals surface area (Å²) in [7, 11) is -15.0. The van der Waals surface area contributed by atoms with Gasteiger partial charge < -0.3 is 18.2 Å². The molecule has 0 unspecified atom stereocenters. The number of hydrogen-bond donors (Lipinski definition) is 2. The van der Waals surface area contributed by atoms with Crippen molar-refractivity contribution in [2.75, 3.05) is 0 Å². The van der Waals surface area contributed by atoms with Crippen molar-refractivity contribution >= 4 is 31.2 Å². The zero-order valence-electron chi connectivity index (χ0n) is 8.91. The smallest absolute Gasteiger partial charge is 0.759 e. The molecule has 0 spiro atoms. The van der Waals surface area contributed by atoms with E-state index >= 15 is 0 Å². The molecule has 96 valence electrons. The van der Waals surface area contributed by atoms with Crippen LogP contribution in [0.25, 0.3) is 0 Å². The largest absolute Gasteiger partial charge is 2.00 e. The second-order valence-corrected chi connectivity index (χ2v) is 3.79. The first kappa shape index (κ1) is 37.3. The molecule has 0 fully saturated rings. The zero-order chi connectivity index (χ0) is 13.5. The quantitative estimate of drug-likeness (QED) is 0.212. The van der Waals surface area contributed by atoms with Crippen LogP contribution in [-0.2, 0) is 50.7 Å². The van der Waals surface area contributed by atoms with E-state index < -0.39 is 31.2 Å². The minimum atomic E-state index is -5.17. The summed E-state index contributed by atoms with van der Waals surface area (Å²) >= 11 is 0. The molecule has 0 aliphatic carbocycles. The van der Waals surface area contributed by atoms with Gasteiger partial charge in [-0.15, -0.1) is 0 Å². The maximum absolute atomic E-state index is 8.74. The van der Waals surface area contributed by atoms with Gasteiger partial charge >= 0.3 is 111 Å². The van der Waals surface area contributed by atoms with Crippen molar-refractivity contribution in [2.45, 2.75) is 0 Å². The normalized spacial score (nSPS) is 9.67. The Labute approximate surface area is 181 Å². The monoisotopic (exact) mass is 416 g/mol. The fourth-order valence-corrected chi connectivity index (χ4v) is 0. The minimum absolute atomic E-state index is 0. The van der Waals surface area contributed by atoms with E-state index in [4.69, 9.17) is 52.6 Å². The van der Waals surface area contributed by atoms with E-state index in [1.54, 1.807) is 0 Å². The molecule has 0 saturated carbocycles. The van der Waals surface area contributed by atoms with Crippen LogP contribution in [0.3, 0.4) is 0 Å². The predicted molar refractivity (Wildman–Crippen MR) is 35.1 cm³/mol. The summed E-state index contributed by atoms with van der Waals surface area (Å²) in [6.07, 6.45) is 0. The molecule has 0 rings (SSSR count). The molecule has 0 aromatic rings. The van der Waals surface area contributed by atoms with Gasteiger partial charge in [0.15, 0.2) is 0 Å². The summed E-state index contributed by atoms with van der Waals surface area (Å²) in [4.78, 5) is 0. The fraction of sp³-hybridized carbons (Fsp3) is 0. The summed E-state index contributed by atoms with van der Waals surface area (Å²) in [6, 6.07) is 0. The second-order valence-electron chi connectivity index (χ2n) is 1.26. The van der Waals surface area contributed by atoms with Gasteiger partial charge in [0.05, 0.1) is 0 Å². The Morgan fingerprint density at radius 2 is 0.667 bits per heavy atom. The summed E-state index contributed by atoms with van der Waals surface area (Å²) in [6.45, 7) is 0. The van der Waals surface area contributed by atoms with Crippen LogP contribution in [0.4, 0.5) is 0 Å². The molecule has 0 aromatic heterocycles. The Hall–Kier alpha value is 2.87. The van der Waals surface area contributed by atoms with Crippen molar-refractivity contribution in [1.82, 2.24) is 0 Å². The van der Waals surface area contributed by atoms with Gasteiger partial charge in [-0.05, 0) is 0 Å². The molecule has 12 nitrogen and oxygen atoms in total. The molecule has 0 aliphatic heterocycles. The third-order valence-electron chi connectivity index (χ3n) is 0. The first-order valence-electron chi connectivity index (χ1n) is 2.03.